The quantitative estimate of drug-likeness (QED) is 0.750. The fourth-order valence-corrected chi connectivity index (χ4v) is 2.12. The van der Waals surface area contributed by atoms with Gasteiger partial charge in [-0.15, -0.1) is 0 Å². The van der Waals surface area contributed by atoms with Gasteiger partial charge in [0.05, 0.1) is 10.6 Å². The lowest BCUT2D eigenvalue weighted by Gasteiger charge is -2.12. The molecule has 0 radical (unpaired) electrons. The lowest BCUT2D eigenvalue weighted by atomic mass is 10.1. The summed E-state index contributed by atoms with van der Waals surface area (Å²) >= 11 is 5.77. The Balaban J connectivity index is 2.14. The van der Waals surface area contributed by atoms with E-state index in [1.807, 2.05) is 10.6 Å². The monoisotopic (exact) mass is 378 g/mol. The van der Waals surface area contributed by atoms with Gasteiger partial charge in [0.15, 0.2) is 0 Å². The summed E-state index contributed by atoms with van der Waals surface area (Å²) in [6.45, 7) is 0. The summed E-state index contributed by atoms with van der Waals surface area (Å²) < 4.78 is 64.2. The fraction of sp³-hybridized carbons (Fsp3) is 0.0667. The Morgan fingerprint density at radius 2 is 1.56 bits per heavy atom. The summed E-state index contributed by atoms with van der Waals surface area (Å²) in [7, 11) is 0. The molecule has 4 nitrogen and oxygen atoms in total. The Bertz CT molecular complexity index is 816. The Morgan fingerprint density at radius 3 is 2.08 bits per heavy atom. The molecular weight excluding hydrogens is 371 g/mol. The normalized spacial score (nSPS) is 11.1. The van der Waals surface area contributed by atoms with Crippen molar-refractivity contribution in [1.82, 2.24) is 5.32 Å². The van der Waals surface area contributed by atoms with Crippen LogP contribution in [0.25, 0.3) is 0 Å². The van der Waals surface area contributed by atoms with Crippen molar-refractivity contribution in [3.8, 4) is 0 Å². The fourth-order valence-electron chi connectivity index (χ4n) is 1.89. The van der Waals surface area contributed by atoms with Crippen LogP contribution in [0.1, 0.15) is 15.9 Å². The van der Waals surface area contributed by atoms with Crippen LogP contribution in [0.15, 0.2) is 36.4 Å². The highest BCUT2D eigenvalue weighted by molar-refractivity contribution is 6.34. The maximum absolute atomic E-state index is 13.4. The van der Waals surface area contributed by atoms with Crippen LogP contribution in [-0.2, 0) is 6.18 Å². The van der Waals surface area contributed by atoms with E-state index in [-0.39, 0.29) is 22.7 Å². The van der Waals surface area contributed by atoms with Crippen molar-refractivity contribution < 1.29 is 31.5 Å². The first-order valence-corrected chi connectivity index (χ1v) is 6.90. The minimum Gasteiger partial charge on any atom is -0.307 e. The SMILES string of the molecule is O=C(NC(=O)c1ccccc1Cl)Nc1cc(F)c(C(F)(F)F)c(F)c1. The van der Waals surface area contributed by atoms with E-state index in [1.54, 1.807) is 6.07 Å². The van der Waals surface area contributed by atoms with Crippen LogP contribution in [0.4, 0.5) is 32.4 Å². The van der Waals surface area contributed by atoms with Crippen LogP contribution in [0.2, 0.25) is 5.02 Å². The van der Waals surface area contributed by atoms with Crippen LogP contribution in [0.5, 0.6) is 0 Å². The minimum atomic E-state index is -5.23. The highest BCUT2D eigenvalue weighted by Crippen LogP contribution is 2.34. The van der Waals surface area contributed by atoms with Crippen molar-refractivity contribution in [1.29, 1.82) is 0 Å². The van der Waals surface area contributed by atoms with Crippen molar-refractivity contribution in [2.24, 2.45) is 0 Å². The number of halogens is 6. The number of benzene rings is 2. The Hall–Kier alpha value is -2.68. The second kappa shape index (κ2) is 7.06. The molecule has 25 heavy (non-hydrogen) atoms. The molecule has 0 fully saturated rings. The molecule has 3 amide bonds. The van der Waals surface area contributed by atoms with Gasteiger partial charge >= 0.3 is 12.2 Å². The molecular formula is C15H8ClF5N2O2. The van der Waals surface area contributed by atoms with Crippen LogP contribution >= 0.6 is 11.6 Å². The zero-order chi connectivity index (χ0) is 18.8. The minimum absolute atomic E-state index is 0.0379. The highest BCUT2D eigenvalue weighted by atomic mass is 35.5. The maximum atomic E-state index is 13.4. The third-order valence-corrected chi connectivity index (χ3v) is 3.26. The Labute approximate surface area is 142 Å². The zero-order valence-electron chi connectivity index (χ0n) is 12.0. The van der Waals surface area contributed by atoms with E-state index in [2.05, 4.69) is 0 Å². The first-order chi connectivity index (χ1) is 11.6. The summed E-state index contributed by atoms with van der Waals surface area (Å²) in [5.41, 5.74) is -2.72. The first kappa shape index (κ1) is 18.7. The first-order valence-electron chi connectivity index (χ1n) is 6.52. The van der Waals surface area contributed by atoms with E-state index in [1.165, 1.54) is 18.2 Å². The number of carbonyl (C=O) groups excluding carboxylic acids is 2. The van der Waals surface area contributed by atoms with Crippen molar-refractivity contribution >= 4 is 29.2 Å². The van der Waals surface area contributed by atoms with Crippen molar-refractivity contribution in [3.05, 3.63) is 64.2 Å². The highest BCUT2D eigenvalue weighted by Gasteiger charge is 2.38. The Kier molecular flexibility index (Phi) is 5.27. The third kappa shape index (κ3) is 4.44. The van der Waals surface area contributed by atoms with E-state index in [0.29, 0.717) is 0 Å². The average Bonchev–Trinajstić information content (AvgIpc) is 2.44. The molecule has 0 aliphatic carbocycles. The van der Waals surface area contributed by atoms with Crippen molar-refractivity contribution in [2.75, 3.05) is 5.32 Å². The van der Waals surface area contributed by atoms with Gasteiger partial charge in [-0.25, -0.2) is 13.6 Å². The molecule has 10 heteroatoms. The molecule has 2 rings (SSSR count). The van der Waals surface area contributed by atoms with E-state index in [0.717, 1.165) is 0 Å². The molecule has 0 saturated heterocycles. The Morgan fingerprint density at radius 1 is 1.00 bits per heavy atom. The number of anilines is 1. The zero-order valence-corrected chi connectivity index (χ0v) is 12.8. The molecule has 0 unspecified atom stereocenters. The number of rotatable bonds is 2. The molecule has 2 N–H and O–H groups in total. The maximum Gasteiger partial charge on any atom is 0.422 e. The molecule has 0 aliphatic rings. The molecule has 132 valence electrons. The number of hydrogen-bond donors (Lipinski definition) is 2. The van der Waals surface area contributed by atoms with Gasteiger partial charge in [-0.1, -0.05) is 23.7 Å². The van der Waals surface area contributed by atoms with Gasteiger partial charge in [-0.2, -0.15) is 13.2 Å². The van der Waals surface area contributed by atoms with Crippen molar-refractivity contribution in [2.45, 2.75) is 6.18 Å². The summed E-state index contributed by atoms with van der Waals surface area (Å²) in [5.74, 6) is -4.71. The van der Waals surface area contributed by atoms with Crippen LogP contribution in [-0.4, -0.2) is 11.9 Å². The summed E-state index contributed by atoms with van der Waals surface area (Å²) in [5, 5.41) is 3.74. The second-order valence-corrected chi connectivity index (χ2v) is 5.11. The van der Waals surface area contributed by atoms with Crippen LogP contribution in [0, 0.1) is 11.6 Å². The predicted molar refractivity (Wildman–Crippen MR) is 79.3 cm³/mol. The van der Waals surface area contributed by atoms with E-state index < -0.39 is 41.0 Å². The molecule has 0 aliphatic heterocycles. The van der Waals surface area contributed by atoms with Gasteiger partial charge in [0.25, 0.3) is 5.91 Å². The van der Waals surface area contributed by atoms with Gasteiger partial charge in [-0.05, 0) is 24.3 Å². The molecule has 0 bridgehead atoms. The molecule has 0 saturated carbocycles. The number of nitrogens with one attached hydrogen (secondary N) is 2. The van der Waals surface area contributed by atoms with Crippen molar-refractivity contribution in [3.63, 3.8) is 0 Å². The summed E-state index contributed by atoms with van der Waals surface area (Å²) in [4.78, 5) is 23.5. The molecule has 0 spiro atoms. The lowest BCUT2D eigenvalue weighted by Crippen LogP contribution is -2.34. The predicted octanol–water partition coefficient (Wildman–Crippen LogP) is 4.60. The van der Waals surface area contributed by atoms with Gasteiger partial charge in [0, 0.05) is 5.69 Å². The van der Waals surface area contributed by atoms with E-state index >= 15 is 0 Å². The topological polar surface area (TPSA) is 58.2 Å². The number of urea groups is 1. The molecule has 0 aromatic heterocycles. The van der Waals surface area contributed by atoms with Gasteiger partial charge in [0.1, 0.15) is 17.2 Å². The van der Waals surface area contributed by atoms with Gasteiger partial charge < -0.3 is 5.32 Å². The third-order valence-electron chi connectivity index (χ3n) is 2.93. The number of alkyl halides is 3. The largest absolute Gasteiger partial charge is 0.422 e. The van der Waals surface area contributed by atoms with Gasteiger partial charge in [0.2, 0.25) is 0 Å². The second-order valence-electron chi connectivity index (χ2n) is 4.70. The standard InChI is InChI=1S/C15H8ClF5N2O2/c16-9-4-2-1-3-8(9)13(24)23-14(25)22-7-5-10(17)12(11(18)6-7)15(19,20)21/h1-6H,(H2,22,23,24,25). The van der Waals surface area contributed by atoms with Gasteiger partial charge in [-0.3, -0.25) is 10.1 Å². The smallest absolute Gasteiger partial charge is 0.307 e. The molecule has 0 atom stereocenters. The number of amides is 3. The van der Waals surface area contributed by atoms with Crippen LogP contribution < -0.4 is 10.6 Å². The average molecular weight is 379 g/mol. The van der Waals surface area contributed by atoms with Crippen LogP contribution in [0.3, 0.4) is 0 Å². The number of carbonyl (C=O) groups is 2. The lowest BCUT2D eigenvalue weighted by molar-refractivity contribution is -0.142. The van der Waals surface area contributed by atoms with E-state index in [9.17, 15) is 31.5 Å². The number of hydrogen-bond acceptors (Lipinski definition) is 2. The molecule has 2 aromatic carbocycles. The molecule has 2 aromatic rings. The summed E-state index contributed by atoms with van der Waals surface area (Å²) in [6, 6.07) is 5.11. The number of imide groups is 1. The summed E-state index contributed by atoms with van der Waals surface area (Å²) in [6.07, 6.45) is -5.23. The van der Waals surface area contributed by atoms with E-state index in [4.69, 9.17) is 11.6 Å². The molecule has 0 heterocycles.